The SMILES string of the molecule is C=C(C(=O)OC)c1ccc2c(c1)NC(=O)CO2. The number of ether oxygens (including phenoxy) is 2. The molecule has 0 atom stereocenters. The zero-order valence-electron chi connectivity index (χ0n) is 9.28. The van der Waals surface area contributed by atoms with Gasteiger partial charge in [-0.1, -0.05) is 12.6 Å². The Hall–Kier alpha value is -2.30. The lowest BCUT2D eigenvalue weighted by atomic mass is 10.1. The van der Waals surface area contributed by atoms with Gasteiger partial charge in [-0.15, -0.1) is 0 Å². The van der Waals surface area contributed by atoms with Crippen molar-refractivity contribution in [3.05, 3.63) is 30.3 Å². The van der Waals surface area contributed by atoms with Crippen LogP contribution in [0.2, 0.25) is 0 Å². The summed E-state index contributed by atoms with van der Waals surface area (Å²) in [6.45, 7) is 3.64. The number of hydrogen-bond donors (Lipinski definition) is 1. The number of anilines is 1. The molecule has 1 N–H and O–H groups in total. The molecular weight excluding hydrogens is 222 g/mol. The summed E-state index contributed by atoms with van der Waals surface area (Å²) in [5.74, 6) is -0.155. The second kappa shape index (κ2) is 4.29. The fraction of sp³-hybridized carbons (Fsp3) is 0.167. The first kappa shape index (κ1) is 11.2. The molecule has 0 fully saturated rings. The van der Waals surface area contributed by atoms with Crippen molar-refractivity contribution in [1.82, 2.24) is 0 Å². The van der Waals surface area contributed by atoms with E-state index in [2.05, 4.69) is 16.6 Å². The van der Waals surface area contributed by atoms with Crippen LogP contribution in [0.1, 0.15) is 5.56 Å². The van der Waals surface area contributed by atoms with Crippen molar-refractivity contribution in [2.45, 2.75) is 0 Å². The van der Waals surface area contributed by atoms with Crippen molar-refractivity contribution in [1.29, 1.82) is 0 Å². The fourth-order valence-corrected chi connectivity index (χ4v) is 1.51. The second-order valence-electron chi connectivity index (χ2n) is 3.52. The lowest BCUT2D eigenvalue weighted by molar-refractivity contribution is -0.133. The number of hydrogen-bond acceptors (Lipinski definition) is 4. The molecule has 1 aromatic rings. The van der Waals surface area contributed by atoms with E-state index in [0.717, 1.165) is 0 Å². The number of esters is 1. The maximum absolute atomic E-state index is 11.3. The number of carbonyl (C=O) groups excluding carboxylic acids is 2. The van der Waals surface area contributed by atoms with Crippen LogP contribution in [0.3, 0.4) is 0 Å². The van der Waals surface area contributed by atoms with E-state index in [1.165, 1.54) is 7.11 Å². The fourth-order valence-electron chi connectivity index (χ4n) is 1.51. The van der Waals surface area contributed by atoms with Gasteiger partial charge < -0.3 is 14.8 Å². The maximum Gasteiger partial charge on any atom is 0.337 e. The molecule has 5 nitrogen and oxygen atoms in total. The highest BCUT2D eigenvalue weighted by Crippen LogP contribution is 2.30. The minimum absolute atomic E-state index is 0.00426. The van der Waals surface area contributed by atoms with Crippen LogP contribution >= 0.6 is 0 Å². The van der Waals surface area contributed by atoms with Crippen LogP contribution in [0.4, 0.5) is 5.69 Å². The van der Waals surface area contributed by atoms with E-state index in [4.69, 9.17) is 4.74 Å². The Kier molecular flexibility index (Phi) is 2.82. The molecule has 0 saturated carbocycles. The predicted octanol–water partition coefficient (Wildman–Crippen LogP) is 1.20. The van der Waals surface area contributed by atoms with Crippen LogP contribution in [0.15, 0.2) is 24.8 Å². The largest absolute Gasteiger partial charge is 0.482 e. The van der Waals surface area contributed by atoms with Gasteiger partial charge in [-0.25, -0.2) is 4.79 Å². The molecule has 0 radical (unpaired) electrons. The molecule has 0 bridgehead atoms. The molecule has 0 aliphatic carbocycles. The number of rotatable bonds is 2. The van der Waals surface area contributed by atoms with Crippen molar-refractivity contribution >= 4 is 23.1 Å². The lowest BCUT2D eigenvalue weighted by Gasteiger charge is -2.18. The van der Waals surface area contributed by atoms with E-state index in [1.54, 1.807) is 18.2 Å². The van der Waals surface area contributed by atoms with Crippen molar-refractivity contribution in [2.24, 2.45) is 0 Å². The number of nitrogens with one attached hydrogen (secondary N) is 1. The number of methoxy groups -OCH3 is 1. The minimum Gasteiger partial charge on any atom is -0.482 e. The first-order valence-electron chi connectivity index (χ1n) is 4.96. The highest BCUT2D eigenvalue weighted by Gasteiger charge is 2.18. The predicted molar refractivity (Wildman–Crippen MR) is 61.6 cm³/mol. The first-order chi connectivity index (χ1) is 8.11. The number of benzene rings is 1. The van der Waals surface area contributed by atoms with Crippen molar-refractivity contribution < 1.29 is 19.1 Å². The maximum atomic E-state index is 11.3. The third kappa shape index (κ3) is 2.13. The number of amides is 1. The topological polar surface area (TPSA) is 64.6 Å². The van der Waals surface area contributed by atoms with Crippen molar-refractivity contribution in [3.63, 3.8) is 0 Å². The van der Waals surface area contributed by atoms with Crippen LogP contribution in [0.5, 0.6) is 5.75 Å². The number of carbonyl (C=O) groups is 2. The Morgan fingerprint density at radius 2 is 2.29 bits per heavy atom. The van der Waals surface area contributed by atoms with Gasteiger partial charge in [-0.3, -0.25) is 4.79 Å². The summed E-state index contributed by atoms with van der Waals surface area (Å²) < 4.78 is 9.77. The van der Waals surface area contributed by atoms with Gasteiger partial charge in [0.15, 0.2) is 6.61 Å². The summed E-state index contributed by atoms with van der Waals surface area (Å²) in [6.07, 6.45) is 0. The molecule has 1 aliphatic heterocycles. The van der Waals surface area contributed by atoms with E-state index in [-0.39, 0.29) is 18.1 Å². The molecule has 0 spiro atoms. The molecule has 0 saturated heterocycles. The zero-order valence-corrected chi connectivity index (χ0v) is 9.28. The van der Waals surface area contributed by atoms with Crippen LogP contribution in [-0.4, -0.2) is 25.6 Å². The van der Waals surface area contributed by atoms with E-state index in [1.807, 2.05) is 0 Å². The third-order valence-corrected chi connectivity index (χ3v) is 2.39. The van der Waals surface area contributed by atoms with Crippen molar-refractivity contribution in [3.8, 4) is 5.75 Å². The standard InChI is InChI=1S/C12H11NO4/c1-7(12(15)16-2)8-3-4-10-9(5-8)13-11(14)6-17-10/h3-5H,1,6H2,2H3,(H,13,14). The smallest absolute Gasteiger partial charge is 0.337 e. The highest BCUT2D eigenvalue weighted by molar-refractivity contribution is 6.16. The summed E-state index contributed by atoms with van der Waals surface area (Å²) >= 11 is 0. The lowest BCUT2D eigenvalue weighted by Crippen LogP contribution is -2.25. The van der Waals surface area contributed by atoms with Crippen molar-refractivity contribution in [2.75, 3.05) is 19.0 Å². The second-order valence-corrected chi connectivity index (χ2v) is 3.52. The average molecular weight is 233 g/mol. The molecule has 1 aromatic carbocycles. The molecule has 5 heteroatoms. The van der Waals surface area contributed by atoms with Gasteiger partial charge in [0.25, 0.3) is 5.91 Å². The summed E-state index contributed by atoms with van der Waals surface area (Å²) in [6, 6.07) is 5.00. The zero-order chi connectivity index (χ0) is 12.4. The Bertz CT molecular complexity index is 507. The Labute approximate surface area is 98.0 Å². The van der Waals surface area contributed by atoms with Gasteiger partial charge in [0, 0.05) is 0 Å². The third-order valence-electron chi connectivity index (χ3n) is 2.39. The van der Waals surface area contributed by atoms with Crippen LogP contribution in [-0.2, 0) is 14.3 Å². The Balaban J connectivity index is 2.33. The normalized spacial score (nSPS) is 13.1. The average Bonchev–Trinajstić information content (AvgIpc) is 2.36. The van der Waals surface area contributed by atoms with E-state index < -0.39 is 5.97 Å². The summed E-state index contributed by atoms with van der Waals surface area (Å²) in [5.41, 5.74) is 1.35. The Morgan fingerprint density at radius 1 is 1.53 bits per heavy atom. The Morgan fingerprint density at radius 3 is 3.00 bits per heavy atom. The molecule has 1 heterocycles. The highest BCUT2D eigenvalue weighted by atomic mass is 16.5. The molecular formula is C12H11NO4. The quantitative estimate of drug-likeness (QED) is 0.615. The van der Waals surface area contributed by atoms with Gasteiger partial charge >= 0.3 is 5.97 Å². The first-order valence-corrected chi connectivity index (χ1v) is 4.96. The van der Waals surface area contributed by atoms with E-state index >= 15 is 0 Å². The summed E-state index contributed by atoms with van der Waals surface area (Å²) in [5, 5.41) is 2.65. The van der Waals surface area contributed by atoms with Gasteiger partial charge in [0.05, 0.1) is 18.4 Å². The summed E-state index contributed by atoms with van der Waals surface area (Å²) in [7, 11) is 1.29. The summed E-state index contributed by atoms with van der Waals surface area (Å²) in [4.78, 5) is 22.5. The van der Waals surface area contributed by atoms with E-state index in [0.29, 0.717) is 17.0 Å². The van der Waals surface area contributed by atoms with E-state index in [9.17, 15) is 9.59 Å². The van der Waals surface area contributed by atoms with Gasteiger partial charge in [0.2, 0.25) is 0 Å². The van der Waals surface area contributed by atoms with Crippen LogP contribution in [0, 0.1) is 0 Å². The molecule has 0 aromatic heterocycles. The minimum atomic E-state index is -0.506. The molecule has 2 rings (SSSR count). The molecule has 88 valence electrons. The molecule has 0 unspecified atom stereocenters. The van der Waals surface area contributed by atoms with Gasteiger partial charge in [-0.05, 0) is 17.7 Å². The number of fused-ring (bicyclic) bond motifs is 1. The van der Waals surface area contributed by atoms with Gasteiger partial charge in [0.1, 0.15) is 5.75 Å². The molecule has 1 aliphatic rings. The van der Waals surface area contributed by atoms with Gasteiger partial charge in [-0.2, -0.15) is 0 Å². The monoisotopic (exact) mass is 233 g/mol. The molecule has 1 amide bonds. The molecule has 17 heavy (non-hydrogen) atoms. The van der Waals surface area contributed by atoms with Crippen LogP contribution < -0.4 is 10.1 Å². The van der Waals surface area contributed by atoms with Crippen LogP contribution in [0.25, 0.3) is 5.57 Å².